The standard InChI is InChI=1S/C21H22N2O7S2/c24-19(25)15-1-5-17(6-2-15)31(28)22-11-9-21(10-12-22)23(13-14-30-21)32(29)18-7-3-16(4-8-18)20(26)27/h1-8H,9-14H2,(H,24,25)(H,26,27). The summed E-state index contributed by atoms with van der Waals surface area (Å²) in [5.74, 6) is -2.08. The molecule has 32 heavy (non-hydrogen) atoms. The zero-order valence-electron chi connectivity index (χ0n) is 17.0. The smallest absolute Gasteiger partial charge is 0.335 e. The van der Waals surface area contributed by atoms with Crippen molar-refractivity contribution in [2.24, 2.45) is 0 Å². The van der Waals surface area contributed by atoms with E-state index in [1.165, 1.54) is 24.3 Å². The van der Waals surface area contributed by atoms with Crippen LogP contribution in [0.25, 0.3) is 0 Å². The lowest BCUT2D eigenvalue weighted by atomic mass is 10.0. The van der Waals surface area contributed by atoms with Gasteiger partial charge in [-0.15, -0.1) is 0 Å². The first-order valence-electron chi connectivity index (χ1n) is 9.98. The van der Waals surface area contributed by atoms with Gasteiger partial charge in [-0.05, 0) is 48.5 Å². The van der Waals surface area contributed by atoms with Crippen molar-refractivity contribution in [1.29, 1.82) is 0 Å². The molecule has 0 aliphatic carbocycles. The third-order valence-electron chi connectivity index (χ3n) is 5.66. The maximum Gasteiger partial charge on any atom is 0.335 e. The van der Waals surface area contributed by atoms with Crippen LogP contribution in [0.1, 0.15) is 33.6 Å². The molecule has 2 aromatic rings. The number of carbonyl (C=O) groups is 2. The fourth-order valence-electron chi connectivity index (χ4n) is 3.93. The van der Waals surface area contributed by atoms with Crippen molar-refractivity contribution in [1.82, 2.24) is 8.61 Å². The van der Waals surface area contributed by atoms with Gasteiger partial charge in [0.15, 0.2) is 0 Å². The van der Waals surface area contributed by atoms with Gasteiger partial charge in [0.2, 0.25) is 0 Å². The van der Waals surface area contributed by atoms with Crippen molar-refractivity contribution in [3.63, 3.8) is 0 Å². The molecule has 2 atom stereocenters. The molecule has 2 aliphatic heterocycles. The Morgan fingerprint density at radius 3 is 1.72 bits per heavy atom. The molecule has 11 heteroatoms. The lowest BCUT2D eigenvalue weighted by molar-refractivity contribution is -0.0787. The Labute approximate surface area is 189 Å². The molecule has 9 nitrogen and oxygen atoms in total. The van der Waals surface area contributed by atoms with Crippen molar-refractivity contribution in [3.05, 3.63) is 59.7 Å². The van der Waals surface area contributed by atoms with Gasteiger partial charge in [-0.2, -0.15) is 4.31 Å². The van der Waals surface area contributed by atoms with Crippen molar-refractivity contribution in [2.45, 2.75) is 28.4 Å². The largest absolute Gasteiger partial charge is 0.478 e. The Balaban J connectivity index is 1.44. The lowest BCUT2D eigenvalue weighted by Crippen LogP contribution is -2.53. The molecule has 1 spiro atoms. The van der Waals surface area contributed by atoms with Crippen LogP contribution in [0.4, 0.5) is 0 Å². The van der Waals surface area contributed by atoms with Gasteiger partial charge in [0.05, 0.1) is 27.5 Å². The van der Waals surface area contributed by atoms with E-state index in [4.69, 9.17) is 14.9 Å². The van der Waals surface area contributed by atoms with Crippen LogP contribution >= 0.6 is 0 Å². The average Bonchev–Trinajstić information content (AvgIpc) is 3.21. The maximum absolute atomic E-state index is 13.2. The predicted molar refractivity (Wildman–Crippen MR) is 116 cm³/mol. The first kappa shape index (κ1) is 22.7. The summed E-state index contributed by atoms with van der Waals surface area (Å²) in [7, 11) is -2.96. The van der Waals surface area contributed by atoms with Crippen LogP contribution in [0, 0.1) is 0 Å². The molecule has 0 aromatic heterocycles. The molecule has 4 rings (SSSR count). The van der Waals surface area contributed by atoms with E-state index in [9.17, 15) is 18.0 Å². The summed E-state index contributed by atoms with van der Waals surface area (Å²) in [6.07, 6.45) is 1.01. The fraction of sp³-hybridized carbons (Fsp3) is 0.333. The van der Waals surface area contributed by atoms with E-state index in [1.807, 2.05) is 0 Å². The van der Waals surface area contributed by atoms with E-state index in [2.05, 4.69) is 0 Å². The van der Waals surface area contributed by atoms with E-state index in [1.54, 1.807) is 32.9 Å². The van der Waals surface area contributed by atoms with Crippen LogP contribution in [0.2, 0.25) is 0 Å². The van der Waals surface area contributed by atoms with Gasteiger partial charge in [0.25, 0.3) is 0 Å². The lowest BCUT2D eigenvalue weighted by Gasteiger charge is -2.42. The minimum atomic E-state index is -1.52. The van der Waals surface area contributed by atoms with Crippen molar-refractivity contribution in [3.8, 4) is 0 Å². The fourth-order valence-corrected chi connectivity index (χ4v) is 6.51. The molecule has 0 radical (unpaired) electrons. The number of nitrogens with zero attached hydrogens (tertiary/aromatic N) is 2. The highest BCUT2D eigenvalue weighted by Gasteiger charge is 2.48. The van der Waals surface area contributed by atoms with Crippen LogP contribution in [0.3, 0.4) is 0 Å². The number of ether oxygens (including phenoxy) is 1. The summed E-state index contributed by atoms with van der Waals surface area (Å²) in [5.41, 5.74) is -0.466. The first-order chi connectivity index (χ1) is 15.3. The molecule has 2 heterocycles. The molecule has 0 amide bonds. The second-order valence-corrected chi connectivity index (χ2v) is 10.4. The summed E-state index contributed by atoms with van der Waals surface area (Å²) in [6.45, 7) is 1.82. The molecule has 2 unspecified atom stereocenters. The minimum absolute atomic E-state index is 0.130. The zero-order chi connectivity index (χ0) is 22.9. The van der Waals surface area contributed by atoms with Gasteiger partial charge in [0, 0.05) is 32.5 Å². The number of hydrogen-bond acceptors (Lipinski definition) is 5. The molecule has 2 N–H and O–H groups in total. The normalized spacial score (nSPS) is 20.8. The number of aromatic carboxylic acids is 2. The number of benzene rings is 2. The van der Waals surface area contributed by atoms with E-state index in [0.717, 1.165) is 0 Å². The molecule has 2 aromatic carbocycles. The molecular weight excluding hydrogens is 456 g/mol. The molecule has 2 fully saturated rings. The number of carboxylic acid groups (broad SMARTS) is 2. The molecule has 2 saturated heterocycles. The van der Waals surface area contributed by atoms with Gasteiger partial charge in [-0.25, -0.2) is 22.3 Å². The van der Waals surface area contributed by atoms with Crippen LogP contribution in [0.5, 0.6) is 0 Å². The van der Waals surface area contributed by atoms with E-state index < -0.39 is 39.6 Å². The summed E-state index contributed by atoms with van der Waals surface area (Å²) < 4.78 is 35.8. The third-order valence-corrected chi connectivity index (χ3v) is 8.76. The Morgan fingerprint density at radius 1 is 0.781 bits per heavy atom. The Kier molecular flexibility index (Phi) is 6.54. The highest BCUT2D eigenvalue weighted by molar-refractivity contribution is 7.83. The van der Waals surface area contributed by atoms with E-state index >= 15 is 0 Å². The number of hydrogen-bond donors (Lipinski definition) is 2. The number of carboxylic acids is 2. The van der Waals surface area contributed by atoms with Crippen LogP contribution < -0.4 is 0 Å². The molecule has 0 saturated carbocycles. The second-order valence-electron chi connectivity index (χ2n) is 7.48. The Bertz CT molecular complexity index is 1060. The quantitative estimate of drug-likeness (QED) is 0.650. The topological polar surface area (TPSA) is 124 Å². The van der Waals surface area contributed by atoms with Gasteiger partial charge in [-0.3, -0.25) is 0 Å². The summed E-state index contributed by atoms with van der Waals surface area (Å²) in [5, 5.41) is 18.1. The Morgan fingerprint density at radius 2 is 1.25 bits per heavy atom. The van der Waals surface area contributed by atoms with E-state index in [-0.39, 0.29) is 11.1 Å². The van der Waals surface area contributed by atoms with Gasteiger partial charge in [-0.1, -0.05) is 0 Å². The Hall–Kier alpha value is -2.44. The number of piperidine rings is 1. The predicted octanol–water partition coefficient (Wildman–Crippen LogP) is 1.95. The summed E-state index contributed by atoms with van der Waals surface area (Å²) >= 11 is 0. The SMILES string of the molecule is O=C(O)c1ccc(S(=O)N2CCC3(CC2)OCCN3S(=O)c2ccc(C(=O)O)cc2)cc1. The van der Waals surface area contributed by atoms with Crippen LogP contribution in [-0.4, -0.2) is 71.1 Å². The van der Waals surface area contributed by atoms with Crippen LogP contribution in [-0.2, 0) is 26.7 Å². The molecular formula is C21H22N2O7S2. The summed E-state index contributed by atoms with van der Waals surface area (Å²) in [6, 6.07) is 11.9. The van der Waals surface area contributed by atoms with E-state index in [0.29, 0.717) is 48.9 Å². The van der Waals surface area contributed by atoms with Crippen molar-refractivity contribution >= 4 is 33.9 Å². The highest BCUT2D eigenvalue weighted by Crippen LogP contribution is 2.37. The van der Waals surface area contributed by atoms with Crippen LogP contribution in [0.15, 0.2) is 58.3 Å². The van der Waals surface area contributed by atoms with Crippen molar-refractivity contribution < 1.29 is 33.0 Å². The summed E-state index contributed by atoms with van der Waals surface area (Å²) in [4.78, 5) is 23.1. The average molecular weight is 479 g/mol. The van der Waals surface area contributed by atoms with Gasteiger partial charge in [0.1, 0.15) is 27.7 Å². The molecule has 0 bridgehead atoms. The third kappa shape index (κ3) is 4.39. The monoisotopic (exact) mass is 478 g/mol. The highest BCUT2D eigenvalue weighted by atomic mass is 32.2. The first-order valence-corrected chi connectivity index (χ1v) is 12.2. The van der Waals surface area contributed by atoms with Gasteiger partial charge >= 0.3 is 11.9 Å². The second kappa shape index (κ2) is 9.20. The van der Waals surface area contributed by atoms with Gasteiger partial charge < -0.3 is 14.9 Å². The van der Waals surface area contributed by atoms with Crippen molar-refractivity contribution in [2.75, 3.05) is 26.2 Å². The maximum atomic E-state index is 13.2. The minimum Gasteiger partial charge on any atom is -0.478 e. The molecule has 2 aliphatic rings. The molecule has 170 valence electrons. The zero-order valence-corrected chi connectivity index (χ0v) is 18.6. The number of rotatable bonds is 6.